The van der Waals surface area contributed by atoms with Crippen LogP contribution in [-0.2, 0) is 12.4 Å². The number of unbranched alkanes of at least 4 members (excludes halogenated alkanes) is 1. The third-order valence-corrected chi connectivity index (χ3v) is 3.66. The Labute approximate surface area is 163 Å². The molecule has 2 N–H and O–H groups in total. The third kappa shape index (κ3) is 7.16. The molecule has 0 radical (unpaired) electrons. The average Bonchev–Trinajstić information content (AvgIpc) is 2.66. The van der Waals surface area contributed by atoms with Gasteiger partial charge in [0.15, 0.2) is 0 Å². The van der Waals surface area contributed by atoms with Gasteiger partial charge in [0.1, 0.15) is 0 Å². The van der Waals surface area contributed by atoms with Crippen molar-refractivity contribution in [1.82, 2.24) is 10.9 Å². The molecule has 1 amide bonds. The normalized spacial score (nSPS) is 11.5. The summed E-state index contributed by atoms with van der Waals surface area (Å²) in [6.45, 7) is 0.236. The maximum atomic E-state index is 12.8. The minimum absolute atomic E-state index is 0.0321. The number of alkyl halides is 6. The van der Waals surface area contributed by atoms with Crippen LogP contribution < -0.4 is 10.9 Å². The lowest BCUT2D eigenvalue weighted by atomic mass is 10.0. The molecule has 154 valence electrons. The van der Waals surface area contributed by atoms with Crippen LogP contribution in [0.3, 0.4) is 0 Å². The van der Waals surface area contributed by atoms with Gasteiger partial charge in [-0.2, -0.15) is 26.3 Å². The van der Waals surface area contributed by atoms with Gasteiger partial charge < -0.3 is 0 Å². The van der Waals surface area contributed by atoms with Crippen molar-refractivity contribution in [1.29, 1.82) is 0 Å². The highest BCUT2D eigenvalue weighted by atomic mass is 19.4. The van der Waals surface area contributed by atoms with Crippen LogP contribution in [0.5, 0.6) is 0 Å². The van der Waals surface area contributed by atoms with E-state index in [-0.39, 0.29) is 12.6 Å². The Morgan fingerprint density at radius 3 is 2.03 bits per heavy atom. The molecule has 3 nitrogen and oxygen atoms in total. The summed E-state index contributed by atoms with van der Waals surface area (Å²) in [5.41, 5.74) is 1.57. The summed E-state index contributed by atoms with van der Waals surface area (Å²) < 4.78 is 76.9. The second-order valence-corrected chi connectivity index (χ2v) is 5.95. The SMILES string of the molecule is O=C(NNCCCC#Cc1ccccc1)c1cc(C(F)(F)F)cc(C(F)(F)F)c1. The molecule has 0 spiro atoms. The number of nitrogens with one attached hydrogen (secondary N) is 2. The van der Waals surface area contributed by atoms with E-state index in [1.54, 1.807) is 0 Å². The van der Waals surface area contributed by atoms with Crippen molar-refractivity contribution in [3.8, 4) is 11.8 Å². The predicted molar refractivity (Wildman–Crippen MR) is 94.5 cm³/mol. The number of rotatable bonds is 5. The number of hydrogen-bond acceptors (Lipinski definition) is 2. The van der Waals surface area contributed by atoms with E-state index in [4.69, 9.17) is 0 Å². The van der Waals surface area contributed by atoms with E-state index >= 15 is 0 Å². The van der Waals surface area contributed by atoms with Crippen molar-refractivity contribution in [3.05, 3.63) is 70.8 Å². The number of carbonyl (C=O) groups is 1. The number of hydrogen-bond donors (Lipinski definition) is 2. The Hall–Kier alpha value is -2.99. The molecule has 0 saturated carbocycles. The van der Waals surface area contributed by atoms with Crippen molar-refractivity contribution in [2.75, 3.05) is 6.54 Å². The monoisotopic (exact) mass is 414 g/mol. The predicted octanol–water partition coefficient (Wildman–Crippen LogP) is 4.79. The Morgan fingerprint density at radius 1 is 0.897 bits per heavy atom. The van der Waals surface area contributed by atoms with Crippen molar-refractivity contribution in [2.45, 2.75) is 25.2 Å². The van der Waals surface area contributed by atoms with E-state index in [9.17, 15) is 31.1 Å². The summed E-state index contributed by atoms with van der Waals surface area (Å²) in [4.78, 5) is 11.9. The van der Waals surface area contributed by atoms with Crippen LogP contribution in [0.1, 0.15) is 39.9 Å². The summed E-state index contributed by atoms with van der Waals surface area (Å²) in [6, 6.07) is 9.95. The van der Waals surface area contributed by atoms with E-state index in [2.05, 4.69) is 22.7 Å². The topological polar surface area (TPSA) is 41.1 Å². The number of hydrazine groups is 1. The molecule has 0 bridgehead atoms. The van der Waals surface area contributed by atoms with Crippen molar-refractivity contribution in [3.63, 3.8) is 0 Å². The van der Waals surface area contributed by atoms with Crippen LogP contribution in [-0.4, -0.2) is 12.5 Å². The first-order chi connectivity index (χ1) is 13.6. The van der Waals surface area contributed by atoms with Crippen LogP contribution in [0.25, 0.3) is 0 Å². The second kappa shape index (κ2) is 9.47. The Bertz CT molecular complexity index is 863. The fourth-order valence-corrected chi connectivity index (χ4v) is 2.25. The molecule has 0 aromatic heterocycles. The molecule has 0 aliphatic rings. The zero-order valence-corrected chi connectivity index (χ0v) is 14.9. The van der Waals surface area contributed by atoms with Crippen molar-refractivity contribution in [2.24, 2.45) is 0 Å². The van der Waals surface area contributed by atoms with Gasteiger partial charge in [-0.25, -0.2) is 5.43 Å². The second-order valence-electron chi connectivity index (χ2n) is 5.95. The van der Waals surface area contributed by atoms with Gasteiger partial charge in [0.2, 0.25) is 0 Å². The van der Waals surface area contributed by atoms with Gasteiger partial charge in [-0.3, -0.25) is 10.2 Å². The molecule has 0 unspecified atom stereocenters. The Balaban J connectivity index is 1.91. The fraction of sp³-hybridized carbons (Fsp3) is 0.250. The maximum Gasteiger partial charge on any atom is 0.416 e. The van der Waals surface area contributed by atoms with E-state index < -0.39 is 35.0 Å². The van der Waals surface area contributed by atoms with Gasteiger partial charge in [-0.1, -0.05) is 30.0 Å². The Kier molecular flexibility index (Phi) is 7.29. The van der Waals surface area contributed by atoms with Crippen molar-refractivity contribution >= 4 is 5.91 Å². The molecular weight excluding hydrogens is 398 g/mol. The smallest absolute Gasteiger partial charge is 0.287 e. The zero-order chi connectivity index (χ0) is 21.5. The van der Waals surface area contributed by atoms with Gasteiger partial charge >= 0.3 is 12.4 Å². The first kappa shape index (κ1) is 22.3. The molecule has 0 heterocycles. The highest BCUT2D eigenvalue weighted by molar-refractivity contribution is 5.94. The van der Waals surface area contributed by atoms with E-state index in [1.807, 2.05) is 30.3 Å². The molecule has 0 atom stereocenters. The van der Waals surface area contributed by atoms with Gasteiger partial charge in [0.25, 0.3) is 5.91 Å². The highest BCUT2D eigenvalue weighted by Gasteiger charge is 2.37. The van der Waals surface area contributed by atoms with Gasteiger partial charge in [-0.15, -0.1) is 0 Å². The van der Waals surface area contributed by atoms with Crippen LogP contribution in [0.15, 0.2) is 48.5 Å². The van der Waals surface area contributed by atoms with Crippen molar-refractivity contribution < 1.29 is 31.1 Å². The largest absolute Gasteiger partial charge is 0.416 e. The lowest BCUT2D eigenvalue weighted by molar-refractivity contribution is -0.143. The number of halogens is 6. The average molecular weight is 414 g/mol. The standard InChI is InChI=1S/C20H16F6N2O/c21-19(22,23)16-11-15(12-17(13-16)20(24,25)26)18(29)28-27-10-6-2-5-9-14-7-3-1-4-8-14/h1,3-4,7-8,11-13,27H,2,6,10H2,(H,28,29). The molecule has 29 heavy (non-hydrogen) atoms. The summed E-state index contributed by atoms with van der Waals surface area (Å²) >= 11 is 0. The van der Waals surface area contributed by atoms with Gasteiger partial charge in [0, 0.05) is 24.1 Å². The first-order valence-corrected chi connectivity index (χ1v) is 8.44. The lowest BCUT2D eigenvalue weighted by Gasteiger charge is -2.14. The van der Waals surface area contributed by atoms with Gasteiger partial charge in [-0.05, 0) is 36.8 Å². The zero-order valence-electron chi connectivity index (χ0n) is 14.9. The number of carbonyl (C=O) groups excluding carboxylic acids is 1. The molecular formula is C20H16F6N2O. The number of benzene rings is 2. The summed E-state index contributed by atoms with van der Waals surface area (Å²) in [5, 5.41) is 0. The molecule has 0 fully saturated rings. The summed E-state index contributed by atoms with van der Waals surface area (Å²) in [7, 11) is 0. The molecule has 2 aromatic rings. The minimum atomic E-state index is -5.01. The molecule has 0 aliphatic heterocycles. The molecule has 2 aromatic carbocycles. The van der Waals surface area contributed by atoms with Crippen LogP contribution in [0, 0.1) is 11.8 Å². The summed E-state index contributed by atoms with van der Waals surface area (Å²) in [5.74, 6) is 4.75. The van der Waals surface area contributed by atoms with Crippen LogP contribution in [0.4, 0.5) is 26.3 Å². The highest BCUT2D eigenvalue weighted by Crippen LogP contribution is 2.36. The van der Waals surface area contributed by atoms with Crippen LogP contribution >= 0.6 is 0 Å². The Morgan fingerprint density at radius 2 is 1.48 bits per heavy atom. The van der Waals surface area contributed by atoms with E-state index in [1.165, 1.54) is 0 Å². The molecule has 0 saturated heterocycles. The number of amides is 1. The lowest BCUT2D eigenvalue weighted by Crippen LogP contribution is -2.38. The van der Waals surface area contributed by atoms with Crippen LogP contribution in [0.2, 0.25) is 0 Å². The molecule has 0 aliphatic carbocycles. The molecule has 2 rings (SSSR count). The van der Waals surface area contributed by atoms with E-state index in [0.29, 0.717) is 25.0 Å². The maximum absolute atomic E-state index is 12.8. The van der Waals surface area contributed by atoms with Gasteiger partial charge in [0.05, 0.1) is 11.1 Å². The minimum Gasteiger partial charge on any atom is -0.287 e. The van der Waals surface area contributed by atoms with E-state index in [0.717, 1.165) is 5.56 Å². The molecule has 9 heteroatoms. The first-order valence-electron chi connectivity index (χ1n) is 8.44. The quantitative estimate of drug-likeness (QED) is 0.320. The third-order valence-electron chi connectivity index (χ3n) is 3.66. The fourth-order valence-electron chi connectivity index (χ4n) is 2.25. The summed E-state index contributed by atoms with van der Waals surface area (Å²) in [6.07, 6.45) is -9.03.